The van der Waals surface area contributed by atoms with Crippen LogP contribution in [-0.2, 0) is 11.0 Å². The van der Waals surface area contributed by atoms with Gasteiger partial charge in [0.05, 0.1) is 0 Å². The van der Waals surface area contributed by atoms with E-state index >= 15 is 0 Å². The number of imidazole rings is 1. The van der Waals surface area contributed by atoms with Crippen molar-refractivity contribution in [1.82, 2.24) is 9.38 Å². The topological polar surface area (TPSA) is 26.5 Å². The van der Waals surface area contributed by atoms with Crippen LogP contribution in [0.2, 0.25) is 23.3 Å². The van der Waals surface area contributed by atoms with Crippen molar-refractivity contribution in [3.05, 3.63) is 59.5 Å². The van der Waals surface area contributed by atoms with E-state index in [9.17, 15) is 0 Å². The molecule has 0 amide bonds. The van der Waals surface area contributed by atoms with E-state index in [-0.39, 0.29) is 5.04 Å². The first-order valence-electron chi connectivity index (χ1n) is 8.53. The average Bonchev–Trinajstić information content (AvgIpc) is 2.91. The molecule has 0 unspecified atom stereocenters. The Hall–Kier alpha value is -1.62. The molecule has 2 heterocycles. The van der Waals surface area contributed by atoms with E-state index in [1.807, 2.05) is 16.7 Å². The summed E-state index contributed by atoms with van der Waals surface area (Å²) in [5.41, 5.74) is 4.36. The molecule has 0 spiro atoms. The summed E-state index contributed by atoms with van der Waals surface area (Å²) < 4.78 is 8.31. The second-order valence-corrected chi connectivity index (χ2v) is 13.2. The molecule has 3 nitrogen and oxygen atoms in total. The van der Waals surface area contributed by atoms with Crippen LogP contribution >= 0.6 is 11.6 Å². The minimum Gasteiger partial charge on any atom is -0.561 e. The van der Waals surface area contributed by atoms with Gasteiger partial charge in [0, 0.05) is 19.0 Å². The van der Waals surface area contributed by atoms with E-state index < -0.39 is 8.32 Å². The first kappa shape index (κ1) is 18.2. The normalized spacial score (nSPS) is 12.7. The van der Waals surface area contributed by atoms with Crippen molar-refractivity contribution >= 4 is 25.6 Å². The molecule has 133 valence electrons. The highest BCUT2D eigenvalue weighted by molar-refractivity contribution is 6.74. The van der Waals surface area contributed by atoms with Crippen molar-refractivity contribution < 1.29 is 4.43 Å². The van der Waals surface area contributed by atoms with Crippen LogP contribution in [0, 0.1) is 0 Å². The average molecular weight is 373 g/mol. The maximum Gasteiger partial charge on any atom is 0.148 e. The number of fused-ring (bicyclic) bond motifs is 1. The lowest BCUT2D eigenvalue weighted by molar-refractivity contribution is 0.276. The number of benzene rings is 1. The van der Waals surface area contributed by atoms with Crippen molar-refractivity contribution in [2.45, 2.75) is 45.5 Å². The van der Waals surface area contributed by atoms with Crippen LogP contribution in [0.15, 0.2) is 48.8 Å². The van der Waals surface area contributed by atoms with Crippen molar-refractivity contribution in [3.63, 3.8) is 0 Å². The second kappa shape index (κ2) is 6.59. The third-order valence-electron chi connectivity index (χ3n) is 5.09. The molecule has 0 saturated heterocycles. The maximum atomic E-state index is 6.35. The molecule has 0 N–H and O–H groups in total. The molecule has 1 aromatic carbocycles. The highest BCUT2D eigenvalue weighted by Gasteiger charge is 2.24. The molecule has 0 radical (unpaired) electrons. The third-order valence-corrected chi connectivity index (χ3v) is 9.75. The number of halogens is 1. The smallest absolute Gasteiger partial charge is 0.148 e. The summed E-state index contributed by atoms with van der Waals surface area (Å²) in [6, 6.07) is 12.6. The predicted octanol–water partition coefficient (Wildman–Crippen LogP) is 6.18. The molecule has 0 aliphatic carbocycles. The Morgan fingerprint density at radius 2 is 1.84 bits per heavy atom. The highest BCUT2D eigenvalue weighted by atomic mass is 35.5. The Bertz CT molecular complexity index is 896. The van der Waals surface area contributed by atoms with Gasteiger partial charge in [-0.1, -0.05) is 50.6 Å². The Morgan fingerprint density at radius 3 is 2.56 bits per heavy atom. The van der Waals surface area contributed by atoms with E-state index in [1.54, 1.807) is 0 Å². The zero-order valence-electron chi connectivity index (χ0n) is 15.5. The van der Waals surface area contributed by atoms with Gasteiger partial charge in [-0.3, -0.25) is 0 Å². The monoisotopic (exact) mass is 372 g/mol. The van der Waals surface area contributed by atoms with Crippen molar-refractivity contribution in [2.24, 2.45) is 0 Å². The molecule has 5 heteroatoms. The molecule has 3 aromatic rings. The van der Waals surface area contributed by atoms with Gasteiger partial charge in [-0.15, -0.1) is 18.1 Å². The maximum absolute atomic E-state index is 6.35. The van der Waals surface area contributed by atoms with Crippen LogP contribution in [0.4, 0.5) is 0 Å². The lowest BCUT2D eigenvalue weighted by Crippen LogP contribution is -2.40. The van der Waals surface area contributed by atoms with Crippen molar-refractivity contribution in [1.29, 1.82) is 0 Å². The van der Waals surface area contributed by atoms with Gasteiger partial charge >= 0.3 is 0 Å². The predicted molar refractivity (Wildman–Crippen MR) is 108 cm³/mol. The molecule has 25 heavy (non-hydrogen) atoms. The molecule has 0 fully saturated rings. The SMILES string of the molecule is CC(C)(C)[Si-](C)(C)OCc1cccc(-c2ccc3nc(Cl)cn3c2)c1. The Balaban J connectivity index is 1.83. The van der Waals surface area contributed by atoms with Crippen LogP contribution in [0.1, 0.15) is 26.3 Å². The molecule has 0 saturated carbocycles. The largest absolute Gasteiger partial charge is 0.561 e. The van der Waals surface area contributed by atoms with Gasteiger partial charge in [0.1, 0.15) is 10.8 Å². The van der Waals surface area contributed by atoms with Gasteiger partial charge in [-0.25, -0.2) is 4.98 Å². The number of hydrogen-bond acceptors (Lipinski definition) is 2. The Morgan fingerprint density at radius 1 is 1.08 bits per heavy atom. The highest BCUT2D eigenvalue weighted by Crippen LogP contribution is 2.37. The van der Waals surface area contributed by atoms with Gasteiger partial charge in [0.25, 0.3) is 0 Å². The molecule has 0 bridgehead atoms. The minimum atomic E-state index is -1.74. The van der Waals surface area contributed by atoms with Crippen LogP contribution in [0.5, 0.6) is 0 Å². The van der Waals surface area contributed by atoms with Gasteiger partial charge in [-0.2, -0.15) is 0 Å². The Kier molecular flexibility index (Phi) is 4.79. The summed E-state index contributed by atoms with van der Waals surface area (Å²) in [7, 11) is -1.74. The molecular formula is C20H25ClN2OSi-. The van der Waals surface area contributed by atoms with Crippen molar-refractivity contribution in [3.8, 4) is 11.1 Å². The van der Waals surface area contributed by atoms with E-state index in [0.717, 1.165) is 11.2 Å². The summed E-state index contributed by atoms with van der Waals surface area (Å²) in [4.78, 5) is 4.26. The van der Waals surface area contributed by atoms with E-state index in [1.165, 1.54) is 11.1 Å². The molecule has 3 rings (SSSR count). The molecule has 0 aliphatic heterocycles. The third kappa shape index (κ3) is 3.97. The van der Waals surface area contributed by atoms with Crippen LogP contribution in [-0.4, -0.2) is 17.7 Å². The fourth-order valence-electron chi connectivity index (χ4n) is 2.45. The summed E-state index contributed by atoms with van der Waals surface area (Å²) >= 11 is 5.98. The number of nitrogens with zero attached hydrogens (tertiary/aromatic N) is 2. The molecule has 0 aliphatic rings. The Labute approximate surface area is 155 Å². The number of rotatable bonds is 4. The van der Waals surface area contributed by atoms with Gasteiger partial charge < -0.3 is 8.83 Å². The van der Waals surface area contributed by atoms with Crippen LogP contribution in [0.25, 0.3) is 16.8 Å². The molecule has 0 atom stereocenters. The van der Waals surface area contributed by atoms with E-state index in [4.69, 9.17) is 16.0 Å². The fraction of sp³-hybridized carbons (Fsp3) is 0.350. The summed E-state index contributed by atoms with van der Waals surface area (Å²) in [6.45, 7) is 12.0. The van der Waals surface area contributed by atoms with E-state index in [0.29, 0.717) is 11.8 Å². The first-order valence-corrected chi connectivity index (χ1v) is 11.8. The van der Waals surface area contributed by atoms with Crippen molar-refractivity contribution in [2.75, 3.05) is 0 Å². The van der Waals surface area contributed by atoms with Gasteiger partial charge in [-0.05, 0) is 43.2 Å². The van der Waals surface area contributed by atoms with Crippen LogP contribution < -0.4 is 0 Å². The number of pyridine rings is 1. The lowest BCUT2D eigenvalue weighted by atomic mass is 10.1. The standard InChI is InChI=1S/C20H25ClN2OSi/c1-20(2,3)25(4,5)24-14-15-7-6-8-16(11-15)17-9-10-19-22-18(21)13-23(19)12-17/h6-13H,14H2,1-5H3/q-1. The zero-order chi connectivity index (χ0) is 18.2. The lowest BCUT2D eigenvalue weighted by Gasteiger charge is -2.48. The quantitative estimate of drug-likeness (QED) is 0.511. The molecule has 2 aromatic heterocycles. The van der Waals surface area contributed by atoms with Crippen LogP contribution in [0.3, 0.4) is 0 Å². The van der Waals surface area contributed by atoms with Gasteiger partial charge in [0.15, 0.2) is 0 Å². The number of aromatic nitrogens is 2. The number of hydrogen-bond donors (Lipinski definition) is 0. The summed E-state index contributed by atoms with van der Waals surface area (Å²) in [5, 5.41) is 0.727. The fourth-order valence-corrected chi connectivity index (χ4v) is 3.60. The van der Waals surface area contributed by atoms with E-state index in [2.05, 4.69) is 75.4 Å². The van der Waals surface area contributed by atoms with Gasteiger partial charge in [0.2, 0.25) is 0 Å². The molecular weight excluding hydrogens is 348 g/mol. The minimum absolute atomic E-state index is 0.219. The zero-order valence-corrected chi connectivity index (χ0v) is 17.3. The summed E-state index contributed by atoms with van der Waals surface area (Å²) in [5.74, 6) is 0. The second-order valence-electron chi connectivity index (χ2n) is 8.00. The summed E-state index contributed by atoms with van der Waals surface area (Å²) in [6.07, 6.45) is 3.88. The first-order chi connectivity index (χ1) is 11.7.